The van der Waals surface area contributed by atoms with Crippen molar-refractivity contribution in [2.24, 2.45) is 5.92 Å². The summed E-state index contributed by atoms with van der Waals surface area (Å²) < 4.78 is 0. The van der Waals surface area contributed by atoms with Crippen LogP contribution >= 0.6 is 0 Å². The number of likely N-dealkylation sites (N-methyl/N-ethyl adjacent to an activating group) is 1. The number of rotatable bonds is 4. The third-order valence-corrected chi connectivity index (χ3v) is 6.30. The number of aliphatic hydroxyl groups is 1. The van der Waals surface area contributed by atoms with Crippen molar-refractivity contribution in [2.45, 2.75) is 44.8 Å². The number of aryl methyl sites for hydroxylation is 1. The second-order valence-corrected chi connectivity index (χ2v) is 8.47. The van der Waals surface area contributed by atoms with Gasteiger partial charge >= 0.3 is 0 Å². The topological polar surface area (TPSA) is 72.8 Å². The molecule has 0 unspecified atom stereocenters. The largest absolute Gasteiger partial charge is 0.386 e. The third kappa shape index (κ3) is 2.97. The van der Waals surface area contributed by atoms with Crippen molar-refractivity contribution in [3.05, 3.63) is 17.1 Å². The van der Waals surface area contributed by atoms with Crippen molar-refractivity contribution < 1.29 is 9.90 Å². The lowest BCUT2D eigenvalue weighted by Gasteiger charge is -2.46. The summed E-state index contributed by atoms with van der Waals surface area (Å²) in [6.45, 7) is 6.65. The second kappa shape index (κ2) is 6.16. The standard InChI is InChI=1S/C19H29N5O2/c1-12-13(2)20-16(18(25)24-10-19(26,11-24)14-5-6-14)21-17(12)23-8-7-15(9-23)22(3)4/h14-15,26H,5-11H2,1-4H3/t15-/m1/s1. The fourth-order valence-corrected chi connectivity index (χ4v) is 4.15. The fraction of sp³-hybridized carbons (Fsp3) is 0.737. The molecule has 1 amide bonds. The maximum Gasteiger partial charge on any atom is 0.291 e. The Kier molecular flexibility index (Phi) is 4.19. The number of β-amino-alcohol motifs (C(OH)–C–C–N with tert-alkyl or cyclic N) is 1. The van der Waals surface area contributed by atoms with E-state index in [1.807, 2.05) is 13.8 Å². The van der Waals surface area contributed by atoms with Crippen molar-refractivity contribution >= 4 is 11.7 Å². The van der Waals surface area contributed by atoms with Crippen LogP contribution in [0.4, 0.5) is 5.82 Å². The van der Waals surface area contributed by atoms with E-state index in [2.05, 4.69) is 33.9 Å². The van der Waals surface area contributed by atoms with E-state index in [0.29, 0.717) is 25.0 Å². The van der Waals surface area contributed by atoms with Gasteiger partial charge in [0.25, 0.3) is 5.91 Å². The van der Waals surface area contributed by atoms with Gasteiger partial charge in [-0.2, -0.15) is 0 Å². The summed E-state index contributed by atoms with van der Waals surface area (Å²) in [6, 6.07) is 0.507. The first kappa shape index (κ1) is 17.7. The Morgan fingerprint density at radius 1 is 1.19 bits per heavy atom. The molecule has 26 heavy (non-hydrogen) atoms. The zero-order chi connectivity index (χ0) is 18.6. The van der Waals surface area contributed by atoms with Crippen molar-refractivity contribution in [2.75, 3.05) is 45.2 Å². The first-order valence-electron chi connectivity index (χ1n) is 9.57. The Morgan fingerprint density at radius 2 is 1.88 bits per heavy atom. The van der Waals surface area contributed by atoms with E-state index in [9.17, 15) is 9.90 Å². The molecular weight excluding hydrogens is 330 g/mol. The van der Waals surface area contributed by atoms with E-state index < -0.39 is 5.60 Å². The molecule has 1 saturated carbocycles. The predicted molar refractivity (Wildman–Crippen MR) is 99.4 cm³/mol. The van der Waals surface area contributed by atoms with Crippen molar-refractivity contribution in [1.82, 2.24) is 19.8 Å². The highest BCUT2D eigenvalue weighted by Gasteiger charge is 2.53. The number of carbonyl (C=O) groups is 1. The zero-order valence-corrected chi connectivity index (χ0v) is 16.2. The monoisotopic (exact) mass is 359 g/mol. The average Bonchev–Trinajstić information content (AvgIpc) is 3.31. The molecule has 1 aliphatic carbocycles. The van der Waals surface area contributed by atoms with Gasteiger partial charge in [0.2, 0.25) is 5.82 Å². The Labute approximate surface area is 155 Å². The van der Waals surface area contributed by atoms with E-state index in [-0.39, 0.29) is 11.7 Å². The van der Waals surface area contributed by atoms with Crippen LogP contribution in [0.2, 0.25) is 0 Å². The molecule has 142 valence electrons. The molecule has 3 aliphatic rings. The van der Waals surface area contributed by atoms with Gasteiger partial charge in [-0.1, -0.05) is 0 Å². The van der Waals surface area contributed by atoms with Crippen LogP contribution in [0.5, 0.6) is 0 Å². The van der Waals surface area contributed by atoms with Crippen LogP contribution in [0.15, 0.2) is 0 Å². The minimum atomic E-state index is -0.674. The molecule has 2 aliphatic heterocycles. The number of hydrogen-bond acceptors (Lipinski definition) is 6. The minimum absolute atomic E-state index is 0.164. The molecule has 0 spiro atoms. The maximum absolute atomic E-state index is 12.8. The van der Waals surface area contributed by atoms with Crippen molar-refractivity contribution in [3.63, 3.8) is 0 Å². The predicted octanol–water partition coefficient (Wildman–Crippen LogP) is 0.831. The summed E-state index contributed by atoms with van der Waals surface area (Å²) >= 11 is 0. The molecular formula is C19H29N5O2. The van der Waals surface area contributed by atoms with Crippen molar-refractivity contribution in [3.8, 4) is 0 Å². The van der Waals surface area contributed by atoms with Crippen molar-refractivity contribution in [1.29, 1.82) is 0 Å². The number of aromatic nitrogens is 2. The summed E-state index contributed by atoms with van der Waals surface area (Å²) in [6.07, 6.45) is 3.24. The number of anilines is 1. The summed E-state index contributed by atoms with van der Waals surface area (Å²) in [7, 11) is 4.21. The molecule has 7 heteroatoms. The zero-order valence-electron chi connectivity index (χ0n) is 16.2. The van der Waals surface area contributed by atoms with E-state index in [4.69, 9.17) is 0 Å². The first-order valence-corrected chi connectivity index (χ1v) is 9.57. The van der Waals surface area contributed by atoms with Gasteiger partial charge in [0.15, 0.2) is 0 Å². The number of hydrogen-bond donors (Lipinski definition) is 1. The SMILES string of the molecule is Cc1nc(C(=O)N2CC(O)(C3CC3)C2)nc(N2CC[C@@H](N(C)C)C2)c1C. The lowest BCUT2D eigenvalue weighted by molar-refractivity contribution is -0.0961. The molecule has 0 bridgehead atoms. The highest BCUT2D eigenvalue weighted by Crippen LogP contribution is 2.44. The molecule has 1 aromatic rings. The highest BCUT2D eigenvalue weighted by molar-refractivity contribution is 5.92. The molecule has 1 atom stereocenters. The molecule has 3 fully saturated rings. The Hall–Kier alpha value is -1.73. The van der Waals surface area contributed by atoms with Gasteiger partial charge in [-0.3, -0.25) is 4.79 Å². The molecule has 0 radical (unpaired) electrons. The van der Waals surface area contributed by atoms with Crippen LogP contribution in [0, 0.1) is 19.8 Å². The van der Waals surface area contributed by atoms with Crippen LogP contribution in [0.25, 0.3) is 0 Å². The Balaban J connectivity index is 1.52. The maximum atomic E-state index is 12.8. The molecule has 1 aromatic heterocycles. The molecule has 0 aromatic carbocycles. The van der Waals surface area contributed by atoms with Crippen LogP contribution in [-0.2, 0) is 0 Å². The Morgan fingerprint density at radius 3 is 2.46 bits per heavy atom. The van der Waals surface area contributed by atoms with E-state index in [1.165, 1.54) is 0 Å². The third-order valence-electron chi connectivity index (χ3n) is 6.30. The smallest absolute Gasteiger partial charge is 0.291 e. The lowest BCUT2D eigenvalue weighted by Crippen LogP contribution is -2.64. The van der Waals surface area contributed by atoms with E-state index >= 15 is 0 Å². The Bertz CT molecular complexity index is 725. The number of carbonyl (C=O) groups excluding carboxylic acids is 1. The van der Waals surface area contributed by atoms with Gasteiger partial charge in [-0.05, 0) is 53.1 Å². The molecule has 1 N–H and O–H groups in total. The summed E-state index contributed by atoms with van der Waals surface area (Å²) in [5, 5.41) is 10.5. The molecule has 2 saturated heterocycles. The van der Waals surface area contributed by atoms with Gasteiger partial charge < -0.3 is 19.8 Å². The fourth-order valence-electron chi connectivity index (χ4n) is 4.15. The number of amides is 1. The van der Waals surface area contributed by atoms with Crippen LogP contribution < -0.4 is 4.90 Å². The average molecular weight is 359 g/mol. The summed E-state index contributed by atoms with van der Waals surface area (Å²) in [5.74, 6) is 1.34. The number of nitrogens with zero attached hydrogens (tertiary/aromatic N) is 5. The van der Waals surface area contributed by atoms with Gasteiger partial charge in [0.05, 0.1) is 13.1 Å². The second-order valence-electron chi connectivity index (χ2n) is 8.47. The molecule has 7 nitrogen and oxygen atoms in total. The highest BCUT2D eigenvalue weighted by atomic mass is 16.3. The van der Waals surface area contributed by atoms with Crippen LogP contribution in [-0.4, -0.2) is 82.7 Å². The van der Waals surface area contributed by atoms with Gasteiger partial charge in [-0.25, -0.2) is 9.97 Å². The van der Waals surface area contributed by atoms with Gasteiger partial charge in [0, 0.05) is 30.4 Å². The quantitative estimate of drug-likeness (QED) is 0.859. The first-order chi connectivity index (χ1) is 12.3. The summed E-state index contributed by atoms with van der Waals surface area (Å²) in [4.78, 5) is 28.1. The van der Waals surface area contributed by atoms with Crippen LogP contribution in [0.3, 0.4) is 0 Å². The number of likely N-dealkylation sites (tertiary alicyclic amines) is 1. The normalized spacial score (nSPS) is 24.9. The van der Waals surface area contributed by atoms with Crippen LogP contribution in [0.1, 0.15) is 41.1 Å². The summed E-state index contributed by atoms with van der Waals surface area (Å²) in [5.41, 5.74) is 1.22. The van der Waals surface area contributed by atoms with Gasteiger partial charge in [0.1, 0.15) is 11.4 Å². The lowest BCUT2D eigenvalue weighted by atomic mass is 9.88. The van der Waals surface area contributed by atoms with E-state index in [0.717, 1.165) is 49.4 Å². The molecule has 3 heterocycles. The molecule has 4 rings (SSSR count). The minimum Gasteiger partial charge on any atom is -0.386 e. The van der Waals surface area contributed by atoms with E-state index in [1.54, 1.807) is 4.90 Å². The van der Waals surface area contributed by atoms with Gasteiger partial charge in [-0.15, -0.1) is 0 Å².